The monoisotopic (exact) mass is 726 g/mol. The summed E-state index contributed by atoms with van der Waals surface area (Å²) in [6.45, 7) is 20.5. The van der Waals surface area contributed by atoms with E-state index in [1.165, 1.54) is 0 Å². The minimum absolute atomic E-state index is 0.0658. The first kappa shape index (κ1) is 40.4. The SMILES string of the molecule is C=CCC(OS(=O)(=O)c1ccc(C)cc1)[C@H](CCCO[Si](C)(C)C(C)(C)C)[C@@H](C)CCOC(c1ccccc1)(c1ccccc1)c1ccccc1. The minimum atomic E-state index is -4.01. The molecule has 0 heterocycles. The van der Waals surface area contributed by atoms with E-state index in [0.29, 0.717) is 26.1 Å². The molecule has 0 bridgehead atoms. The lowest BCUT2D eigenvalue weighted by Crippen LogP contribution is -2.41. The van der Waals surface area contributed by atoms with Gasteiger partial charge in [-0.15, -0.1) is 6.58 Å². The molecule has 7 heteroatoms. The summed E-state index contributed by atoms with van der Waals surface area (Å²) in [6.07, 6.45) is 3.84. The first-order chi connectivity index (χ1) is 24.2. The van der Waals surface area contributed by atoms with Crippen molar-refractivity contribution >= 4 is 18.4 Å². The molecule has 51 heavy (non-hydrogen) atoms. The van der Waals surface area contributed by atoms with Crippen LogP contribution in [0.2, 0.25) is 18.1 Å². The molecule has 0 spiro atoms. The number of rotatable bonds is 19. The van der Waals surface area contributed by atoms with E-state index in [2.05, 4.69) is 120 Å². The van der Waals surface area contributed by atoms with Crippen molar-refractivity contribution in [2.45, 2.75) is 95.0 Å². The largest absolute Gasteiger partial charge is 0.417 e. The molecule has 0 saturated carbocycles. The van der Waals surface area contributed by atoms with E-state index in [1.807, 2.05) is 25.1 Å². The summed E-state index contributed by atoms with van der Waals surface area (Å²) >= 11 is 0. The summed E-state index contributed by atoms with van der Waals surface area (Å²) in [7, 11) is -5.94. The van der Waals surface area contributed by atoms with Crippen molar-refractivity contribution in [1.82, 2.24) is 0 Å². The third-order valence-corrected chi connectivity index (χ3v) is 16.4. The lowest BCUT2D eigenvalue weighted by atomic mass is 9.79. The summed E-state index contributed by atoms with van der Waals surface area (Å²) in [5, 5.41) is 0.108. The fraction of sp³-hybridized carbons (Fsp3) is 0.409. The molecule has 5 nitrogen and oxygen atoms in total. The van der Waals surface area contributed by atoms with Gasteiger partial charge in [-0.1, -0.05) is 142 Å². The molecule has 0 aromatic heterocycles. The Morgan fingerprint density at radius 3 is 1.69 bits per heavy atom. The first-order valence-electron chi connectivity index (χ1n) is 18.3. The Kier molecular flexibility index (Phi) is 14.2. The molecule has 0 radical (unpaired) electrons. The van der Waals surface area contributed by atoms with E-state index < -0.39 is 30.1 Å². The molecule has 0 N–H and O–H groups in total. The highest BCUT2D eigenvalue weighted by Gasteiger charge is 2.39. The van der Waals surface area contributed by atoms with Crippen molar-refractivity contribution in [3.8, 4) is 0 Å². The van der Waals surface area contributed by atoms with Gasteiger partial charge in [0.2, 0.25) is 0 Å². The van der Waals surface area contributed by atoms with Crippen molar-refractivity contribution < 1.29 is 21.8 Å². The fourth-order valence-electron chi connectivity index (χ4n) is 6.45. The van der Waals surface area contributed by atoms with Gasteiger partial charge in [0.05, 0.1) is 11.0 Å². The third-order valence-electron chi connectivity index (χ3n) is 10.6. The second kappa shape index (κ2) is 17.9. The average molecular weight is 727 g/mol. The van der Waals surface area contributed by atoms with Crippen molar-refractivity contribution in [1.29, 1.82) is 0 Å². The maximum Gasteiger partial charge on any atom is 0.297 e. The predicted octanol–water partition coefficient (Wildman–Crippen LogP) is 11.1. The zero-order valence-electron chi connectivity index (χ0n) is 31.7. The molecule has 4 rings (SSSR count). The molecule has 0 amide bonds. The molecule has 0 aliphatic carbocycles. The number of benzene rings is 4. The Hall–Kier alpha value is -3.33. The average Bonchev–Trinajstić information content (AvgIpc) is 3.11. The first-order valence-corrected chi connectivity index (χ1v) is 22.6. The molecule has 274 valence electrons. The normalized spacial score (nSPS) is 14.5. The maximum absolute atomic E-state index is 13.6. The molecule has 4 aromatic rings. The van der Waals surface area contributed by atoms with E-state index in [-0.39, 0.29) is 21.8 Å². The van der Waals surface area contributed by atoms with E-state index in [9.17, 15) is 8.42 Å². The highest BCUT2D eigenvalue weighted by atomic mass is 32.2. The molecule has 0 aliphatic rings. The number of hydrogen-bond donors (Lipinski definition) is 0. The van der Waals surface area contributed by atoms with Crippen molar-refractivity contribution in [2.75, 3.05) is 13.2 Å². The quantitative estimate of drug-likeness (QED) is 0.0316. The van der Waals surface area contributed by atoms with E-state index >= 15 is 0 Å². The van der Waals surface area contributed by atoms with Crippen LogP contribution in [0.25, 0.3) is 0 Å². The molecular weight excluding hydrogens is 669 g/mol. The highest BCUT2D eigenvalue weighted by Crippen LogP contribution is 2.42. The van der Waals surface area contributed by atoms with Crippen LogP contribution in [0.15, 0.2) is 133 Å². The van der Waals surface area contributed by atoms with Gasteiger partial charge in [0.1, 0.15) is 5.60 Å². The van der Waals surface area contributed by atoms with Gasteiger partial charge < -0.3 is 9.16 Å². The zero-order valence-corrected chi connectivity index (χ0v) is 33.5. The van der Waals surface area contributed by atoms with E-state index in [4.69, 9.17) is 13.3 Å². The van der Waals surface area contributed by atoms with Gasteiger partial charge in [0.15, 0.2) is 8.32 Å². The van der Waals surface area contributed by atoms with E-state index in [1.54, 1.807) is 30.3 Å². The third kappa shape index (κ3) is 10.4. The second-order valence-corrected chi connectivity index (χ2v) is 21.6. The Bertz CT molecular complexity index is 1640. The molecule has 4 aromatic carbocycles. The lowest BCUT2D eigenvalue weighted by molar-refractivity contribution is -0.00322. The molecule has 0 aliphatic heterocycles. The Morgan fingerprint density at radius 1 is 0.745 bits per heavy atom. The minimum Gasteiger partial charge on any atom is -0.417 e. The van der Waals surface area contributed by atoms with Gasteiger partial charge in [-0.2, -0.15) is 8.42 Å². The van der Waals surface area contributed by atoms with Crippen LogP contribution in [-0.4, -0.2) is 36.1 Å². The van der Waals surface area contributed by atoms with Crippen molar-refractivity contribution in [3.63, 3.8) is 0 Å². The van der Waals surface area contributed by atoms with Gasteiger partial charge in [-0.3, -0.25) is 4.18 Å². The van der Waals surface area contributed by atoms with Crippen LogP contribution in [0.5, 0.6) is 0 Å². The number of aryl methyl sites for hydroxylation is 1. The fourth-order valence-corrected chi connectivity index (χ4v) is 8.67. The van der Waals surface area contributed by atoms with Crippen LogP contribution >= 0.6 is 0 Å². The Morgan fingerprint density at radius 2 is 1.24 bits per heavy atom. The number of hydrogen-bond acceptors (Lipinski definition) is 5. The second-order valence-electron chi connectivity index (χ2n) is 15.2. The summed E-state index contributed by atoms with van der Waals surface area (Å²) in [5.41, 5.74) is 3.30. The van der Waals surface area contributed by atoms with E-state index in [0.717, 1.165) is 35.1 Å². The van der Waals surface area contributed by atoms with Gasteiger partial charge in [0, 0.05) is 13.2 Å². The van der Waals surface area contributed by atoms with Gasteiger partial charge >= 0.3 is 0 Å². The Balaban J connectivity index is 1.63. The summed E-state index contributed by atoms with van der Waals surface area (Å²) in [5.74, 6) is -0.0227. The van der Waals surface area contributed by atoms with Crippen LogP contribution in [0.4, 0.5) is 0 Å². The number of ether oxygens (including phenoxy) is 1. The summed E-state index contributed by atoms with van der Waals surface area (Å²) < 4.78 is 47.1. The molecule has 0 saturated heterocycles. The van der Waals surface area contributed by atoms with Crippen molar-refractivity contribution in [2.24, 2.45) is 11.8 Å². The predicted molar refractivity (Wildman–Crippen MR) is 213 cm³/mol. The molecule has 0 fully saturated rings. The van der Waals surface area contributed by atoms with Crippen LogP contribution in [0.1, 0.15) is 75.6 Å². The van der Waals surface area contributed by atoms with Crippen LogP contribution in [0.3, 0.4) is 0 Å². The zero-order chi connectivity index (χ0) is 37.1. The van der Waals surface area contributed by atoms with Crippen LogP contribution in [-0.2, 0) is 29.1 Å². The van der Waals surface area contributed by atoms with Crippen molar-refractivity contribution in [3.05, 3.63) is 150 Å². The Labute approximate surface area is 309 Å². The maximum atomic E-state index is 13.6. The summed E-state index contributed by atoms with van der Waals surface area (Å²) in [4.78, 5) is 0.163. The lowest BCUT2D eigenvalue weighted by Gasteiger charge is -2.37. The molecule has 1 unspecified atom stereocenters. The molecule has 3 atom stereocenters. The van der Waals surface area contributed by atoms with Crippen LogP contribution < -0.4 is 0 Å². The highest BCUT2D eigenvalue weighted by molar-refractivity contribution is 7.86. The van der Waals surface area contributed by atoms with Gasteiger partial charge in [-0.25, -0.2) is 0 Å². The van der Waals surface area contributed by atoms with Gasteiger partial charge in [-0.05, 0) is 91.4 Å². The standard InChI is InChI=1S/C44H58O5SSi/c1-9-20-42(49-50(45,46)40-30-28-35(2)29-31-40)41(27-19-33-48-51(7,8)43(4,5)6)36(3)32-34-47-44(37-21-13-10-14-22-37,38-23-15-11-16-24-38)39-25-17-12-18-26-39/h9-18,21-26,28-31,36,41-42H,1,19-20,27,32-34H2,2-8H3/t36-,41+,42?/m0/s1. The molecular formula is C44H58O5SSi. The smallest absolute Gasteiger partial charge is 0.297 e. The van der Waals surface area contributed by atoms with Crippen LogP contribution in [0, 0.1) is 18.8 Å². The van der Waals surface area contributed by atoms with Gasteiger partial charge in [0.25, 0.3) is 10.1 Å². The summed E-state index contributed by atoms with van der Waals surface area (Å²) in [6, 6.07) is 37.9. The topological polar surface area (TPSA) is 61.8 Å².